The summed E-state index contributed by atoms with van der Waals surface area (Å²) >= 11 is 0. The predicted molar refractivity (Wildman–Crippen MR) is 69.1 cm³/mol. The predicted octanol–water partition coefficient (Wildman–Crippen LogP) is 2.15. The Morgan fingerprint density at radius 3 is 2.72 bits per heavy atom. The first kappa shape index (κ1) is 11.5. The lowest BCUT2D eigenvalue weighted by atomic mass is 9.87. The second-order valence-electron chi connectivity index (χ2n) is 5.39. The average Bonchev–Trinajstić information content (AvgIpc) is 2.90. The highest BCUT2D eigenvalue weighted by molar-refractivity contribution is 6.00. The molecule has 0 unspecified atom stereocenters. The van der Waals surface area contributed by atoms with Gasteiger partial charge in [-0.15, -0.1) is 0 Å². The molecule has 1 aromatic rings. The smallest absolute Gasteiger partial charge is 0.376 e. The largest absolute Gasteiger partial charge is 0.476 e. The maximum absolute atomic E-state index is 11.7. The van der Waals surface area contributed by atoms with E-state index in [-0.39, 0.29) is 5.92 Å². The van der Waals surface area contributed by atoms with Crippen molar-refractivity contribution < 1.29 is 14.5 Å². The number of benzene rings is 1. The zero-order valence-electron chi connectivity index (χ0n) is 10.6. The summed E-state index contributed by atoms with van der Waals surface area (Å²) in [7, 11) is 1.95. The van der Waals surface area contributed by atoms with Crippen LogP contribution in [0.15, 0.2) is 30.3 Å². The normalized spacial score (nSPS) is 30.6. The minimum absolute atomic E-state index is 0.273. The number of hydrogen-bond acceptors (Lipinski definition) is 1. The van der Waals surface area contributed by atoms with Gasteiger partial charge in [0.25, 0.3) is 5.54 Å². The van der Waals surface area contributed by atoms with Gasteiger partial charge >= 0.3 is 5.97 Å². The zero-order chi connectivity index (χ0) is 12.8. The Kier molecular flexibility index (Phi) is 2.51. The van der Waals surface area contributed by atoms with Crippen molar-refractivity contribution in [3.05, 3.63) is 35.9 Å². The molecule has 1 N–H and O–H groups in total. The number of fused-ring (bicyclic) bond motifs is 1. The van der Waals surface area contributed by atoms with Crippen molar-refractivity contribution in [3.63, 3.8) is 0 Å². The zero-order valence-corrected chi connectivity index (χ0v) is 10.6. The highest BCUT2D eigenvalue weighted by Gasteiger charge is 2.62. The summed E-state index contributed by atoms with van der Waals surface area (Å²) in [6.45, 7) is 0. The molecule has 0 saturated heterocycles. The van der Waals surface area contributed by atoms with Crippen LogP contribution >= 0.6 is 0 Å². The molecule has 2 aliphatic rings. The first-order valence-corrected chi connectivity index (χ1v) is 6.55. The van der Waals surface area contributed by atoms with Gasteiger partial charge in [-0.1, -0.05) is 18.2 Å². The molecule has 3 nitrogen and oxygen atoms in total. The van der Waals surface area contributed by atoms with Crippen LogP contribution in [0, 0.1) is 5.92 Å². The van der Waals surface area contributed by atoms with Crippen LogP contribution in [0.5, 0.6) is 0 Å². The van der Waals surface area contributed by atoms with E-state index >= 15 is 0 Å². The van der Waals surface area contributed by atoms with Crippen LogP contribution < -0.4 is 0 Å². The Morgan fingerprint density at radius 1 is 1.39 bits per heavy atom. The Labute approximate surface area is 107 Å². The lowest BCUT2D eigenvalue weighted by Crippen LogP contribution is -2.47. The minimum Gasteiger partial charge on any atom is -0.476 e. The quantitative estimate of drug-likeness (QED) is 0.810. The number of carboxylic acids is 1. The van der Waals surface area contributed by atoms with Gasteiger partial charge in [-0.2, -0.15) is 0 Å². The van der Waals surface area contributed by atoms with E-state index in [1.54, 1.807) is 0 Å². The van der Waals surface area contributed by atoms with Gasteiger partial charge in [0.2, 0.25) is 0 Å². The van der Waals surface area contributed by atoms with Crippen LogP contribution in [0.3, 0.4) is 0 Å². The molecule has 0 bridgehead atoms. The molecule has 0 amide bonds. The molecule has 1 fully saturated rings. The van der Waals surface area contributed by atoms with Gasteiger partial charge < -0.3 is 5.11 Å². The molecular weight excluding hydrogens is 226 g/mol. The molecule has 0 aromatic heterocycles. The Bertz CT molecular complexity index is 521. The molecule has 1 aromatic carbocycles. The number of likely N-dealkylation sites (N-methyl/N-ethyl adjacent to an activating group) is 1. The molecule has 3 heteroatoms. The molecule has 1 aliphatic heterocycles. The second-order valence-corrected chi connectivity index (χ2v) is 5.39. The number of aliphatic carboxylic acids is 1. The fourth-order valence-corrected chi connectivity index (χ4v) is 3.75. The lowest BCUT2D eigenvalue weighted by Gasteiger charge is -2.20. The third-order valence-electron chi connectivity index (χ3n) is 4.71. The van der Waals surface area contributed by atoms with E-state index < -0.39 is 11.5 Å². The van der Waals surface area contributed by atoms with Crippen molar-refractivity contribution in [2.45, 2.75) is 31.2 Å². The summed E-state index contributed by atoms with van der Waals surface area (Å²) in [5.74, 6) is -0.381. The fraction of sp³-hybridized carbons (Fsp3) is 0.467. The summed E-state index contributed by atoms with van der Waals surface area (Å²) in [5.41, 5.74) is 1.70. The topological polar surface area (TPSA) is 40.3 Å². The lowest BCUT2D eigenvalue weighted by molar-refractivity contribution is -0.565. The van der Waals surface area contributed by atoms with E-state index in [1.807, 2.05) is 29.8 Å². The number of carbonyl (C=O) groups is 1. The maximum Gasteiger partial charge on any atom is 0.376 e. The van der Waals surface area contributed by atoms with E-state index in [0.29, 0.717) is 0 Å². The number of carboxylic acid groups (broad SMARTS) is 1. The van der Waals surface area contributed by atoms with Gasteiger partial charge in [-0.25, -0.2) is 9.37 Å². The maximum atomic E-state index is 11.7. The van der Waals surface area contributed by atoms with Crippen molar-refractivity contribution in [3.8, 4) is 0 Å². The van der Waals surface area contributed by atoms with Crippen LogP contribution in [0.2, 0.25) is 0 Å². The molecule has 2 atom stereocenters. The SMILES string of the molecule is C[N+]1=C(c2ccccc2)C[C@H]2CCC[C@]21C(=O)O. The van der Waals surface area contributed by atoms with E-state index in [2.05, 4.69) is 12.1 Å². The Morgan fingerprint density at radius 2 is 2.11 bits per heavy atom. The van der Waals surface area contributed by atoms with Crippen LogP contribution in [0.25, 0.3) is 0 Å². The fourth-order valence-electron chi connectivity index (χ4n) is 3.75. The number of rotatable bonds is 2. The van der Waals surface area contributed by atoms with Gasteiger partial charge in [-0.3, -0.25) is 0 Å². The van der Waals surface area contributed by atoms with Crippen LogP contribution in [-0.4, -0.2) is 33.9 Å². The van der Waals surface area contributed by atoms with Crippen molar-refractivity contribution >= 4 is 11.7 Å². The van der Waals surface area contributed by atoms with Crippen molar-refractivity contribution in [2.24, 2.45) is 5.92 Å². The molecule has 18 heavy (non-hydrogen) atoms. The first-order chi connectivity index (χ1) is 8.66. The summed E-state index contributed by atoms with van der Waals surface area (Å²) in [6.07, 6.45) is 3.74. The number of hydrogen-bond donors (Lipinski definition) is 1. The van der Waals surface area contributed by atoms with Crippen LogP contribution in [-0.2, 0) is 4.79 Å². The molecule has 3 rings (SSSR count). The van der Waals surface area contributed by atoms with Gasteiger partial charge in [-0.05, 0) is 25.0 Å². The number of nitrogens with zero attached hydrogens (tertiary/aromatic N) is 1. The van der Waals surface area contributed by atoms with Gasteiger partial charge in [0, 0.05) is 24.3 Å². The third-order valence-corrected chi connectivity index (χ3v) is 4.71. The molecule has 0 radical (unpaired) electrons. The van der Waals surface area contributed by atoms with Gasteiger partial charge in [0.05, 0.1) is 0 Å². The monoisotopic (exact) mass is 244 g/mol. The van der Waals surface area contributed by atoms with E-state index in [0.717, 1.165) is 31.2 Å². The van der Waals surface area contributed by atoms with E-state index in [1.165, 1.54) is 5.71 Å². The summed E-state index contributed by atoms with van der Waals surface area (Å²) in [5, 5.41) is 9.65. The molecular formula is C15H18NO2+. The van der Waals surface area contributed by atoms with Crippen molar-refractivity contribution in [1.82, 2.24) is 0 Å². The minimum atomic E-state index is -0.654. The highest BCUT2D eigenvalue weighted by Crippen LogP contribution is 2.45. The molecule has 0 spiro atoms. The van der Waals surface area contributed by atoms with Crippen molar-refractivity contribution in [1.29, 1.82) is 0 Å². The van der Waals surface area contributed by atoms with Crippen LogP contribution in [0.1, 0.15) is 31.2 Å². The van der Waals surface area contributed by atoms with Gasteiger partial charge in [0.1, 0.15) is 7.05 Å². The summed E-state index contributed by atoms with van der Waals surface area (Å²) < 4.78 is 2.03. The summed E-state index contributed by atoms with van der Waals surface area (Å²) in [4.78, 5) is 11.7. The molecule has 1 heterocycles. The van der Waals surface area contributed by atoms with Crippen LogP contribution in [0.4, 0.5) is 0 Å². The Hall–Kier alpha value is -1.64. The van der Waals surface area contributed by atoms with E-state index in [4.69, 9.17) is 0 Å². The molecule has 1 aliphatic carbocycles. The standard InChI is InChI=1S/C15H17NO2/c1-16-13(11-6-3-2-4-7-11)10-12-8-5-9-15(12,16)14(17)18/h2-4,6-7,12H,5,8-10H2,1H3/p+1/t12-,15-/m1/s1. The molecule has 94 valence electrons. The van der Waals surface area contributed by atoms with Gasteiger partial charge in [0.15, 0.2) is 5.71 Å². The molecule has 1 saturated carbocycles. The van der Waals surface area contributed by atoms with Crippen molar-refractivity contribution in [2.75, 3.05) is 7.05 Å². The third kappa shape index (κ3) is 1.36. The Balaban J connectivity index is 2.10. The highest BCUT2D eigenvalue weighted by atomic mass is 16.4. The van der Waals surface area contributed by atoms with E-state index in [9.17, 15) is 9.90 Å². The summed E-state index contributed by atoms with van der Waals surface area (Å²) in [6, 6.07) is 10.2. The second kappa shape index (κ2) is 3.94. The average molecular weight is 244 g/mol. The first-order valence-electron chi connectivity index (χ1n) is 6.55.